The molecule has 0 bridgehead atoms. The molecule has 0 saturated carbocycles. The molecule has 0 aromatic heterocycles. The van der Waals surface area contributed by atoms with Crippen LogP contribution >= 0.6 is 11.6 Å². The fourth-order valence-corrected chi connectivity index (χ4v) is 2.99. The van der Waals surface area contributed by atoms with E-state index in [1.807, 2.05) is 18.2 Å². The Bertz CT molecular complexity index is 650. The Hall–Kier alpha value is -1.51. The molecular weight excluding hydrogens is 284 g/mol. The third-order valence-corrected chi connectivity index (χ3v) is 4.28. The molecule has 1 N–H and O–H groups in total. The lowest BCUT2D eigenvalue weighted by atomic mass is 9.92. The number of hydrogen-bond donors (Lipinski definition) is 1. The standard InChI is InChI=1S/C18H19ClO2/c1-12(20)14-7-9-18(17(19)11-14)21-16-8-6-13-4-2-3-5-15(13)10-16/h6-12,20H,2-5H2,1H3/t12-/m1/s1. The molecule has 3 heteroatoms. The first-order valence-electron chi connectivity index (χ1n) is 7.40. The molecular formula is C18H19ClO2. The van der Waals surface area contributed by atoms with E-state index in [1.165, 1.54) is 30.4 Å². The summed E-state index contributed by atoms with van der Waals surface area (Å²) in [5, 5.41) is 10.1. The van der Waals surface area contributed by atoms with Crippen molar-refractivity contribution in [3.63, 3.8) is 0 Å². The number of hydrogen-bond acceptors (Lipinski definition) is 2. The van der Waals surface area contributed by atoms with E-state index < -0.39 is 6.10 Å². The van der Waals surface area contributed by atoms with Crippen molar-refractivity contribution in [1.82, 2.24) is 0 Å². The first-order chi connectivity index (χ1) is 10.1. The highest BCUT2D eigenvalue weighted by molar-refractivity contribution is 6.32. The van der Waals surface area contributed by atoms with Gasteiger partial charge in [-0.3, -0.25) is 0 Å². The molecule has 0 radical (unpaired) electrons. The van der Waals surface area contributed by atoms with Crippen LogP contribution in [0.3, 0.4) is 0 Å². The largest absolute Gasteiger partial charge is 0.456 e. The third-order valence-electron chi connectivity index (χ3n) is 3.99. The van der Waals surface area contributed by atoms with Crippen molar-refractivity contribution < 1.29 is 9.84 Å². The number of aliphatic hydroxyl groups is 1. The van der Waals surface area contributed by atoms with E-state index in [-0.39, 0.29) is 0 Å². The molecule has 0 fully saturated rings. The summed E-state index contributed by atoms with van der Waals surface area (Å²) in [5.41, 5.74) is 3.61. The Morgan fingerprint density at radius 3 is 2.52 bits per heavy atom. The van der Waals surface area contributed by atoms with Gasteiger partial charge in [0.05, 0.1) is 11.1 Å². The quantitative estimate of drug-likeness (QED) is 0.858. The van der Waals surface area contributed by atoms with E-state index in [0.717, 1.165) is 17.7 Å². The number of halogens is 1. The molecule has 2 aromatic rings. The Morgan fingerprint density at radius 2 is 1.81 bits per heavy atom. The lowest BCUT2D eigenvalue weighted by Crippen LogP contribution is -2.02. The van der Waals surface area contributed by atoms with E-state index in [0.29, 0.717) is 10.8 Å². The Balaban J connectivity index is 1.83. The van der Waals surface area contributed by atoms with E-state index in [1.54, 1.807) is 13.0 Å². The maximum atomic E-state index is 9.56. The van der Waals surface area contributed by atoms with Crippen LogP contribution in [0.15, 0.2) is 36.4 Å². The van der Waals surface area contributed by atoms with Crippen LogP contribution in [0.4, 0.5) is 0 Å². The van der Waals surface area contributed by atoms with E-state index in [9.17, 15) is 5.11 Å². The second-order valence-electron chi connectivity index (χ2n) is 5.61. The zero-order chi connectivity index (χ0) is 14.8. The van der Waals surface area contributed by atoms with Gasteiger partial charge >= 0.3 is 0 Å². The van der Waals surface area contributed by atoms with Gasteiger partial charge in [0.15, 0.2) is 0 Å². The predicted octanol–water partition coefficient (Wildman–Crippen LogP) is 5.06. The average Bonchev–Trinajstić information content (AvgIpc) is 2.49. The summed E-state index contributed by atoms with van der Waals surface area (Å²) in [5.74, 6) is 1.44. The van der Waals surface area contributed by atoms with Crippen molar-refractivity contribution in [2.45, 2.75) is 38.7 Å². The normalized spacial score (nSPS) is 15.4. The second kappa shape index (κ2) is 6.08. The molecule has 2 nitrogen and oxygen atoms in total. The van der Waals surface area contributed by atoms with Crippen molar-refractivity contribution in [1.29, 1.82) is 0 Å². The molecule has 0 saturated heterocycles. The van der Waals surface area contributed by atoms with E-state index in [2.05, 4.69) is 12.1 Å². The summed E-state index contributed by atoms with van der Waals surface area (Å²) in [6.07, 6.45) is 4.29. The molecule has 21 heavy (non-hydrogen) atoms. The number of ether oxygens (including phenoxy) is 1. The van der Waals surface area contributed by atoms with Crippen molar-refractivity contribution in [2.24, 2.45) is 0 Å². The predicted molar refractivity (Wildman–Crippen MR) is 85.2 cm³/mol. The van der Waals surface area contributed by atoms with E-state index >= 15 is 0 Å². The van der Waals surface area contributed by atoms with Crippen LogP contribution in [-0.2, 0) is 12.8 Å². The van der Waals surface area contributed by atoms with Gasteiger partial charge in [0, 0.05) is 0 Å². The number of fused-ring (bicyclic) bond motifs is 1. The van der Waals surface area contributed by atoms with Crippen molar-refractivity contribution in [3.8, 4) is 11.5 Å². The van der Waals surface area contributed by atoms with Gasteiger partial charge in [-0.25, -0.2) is 0 Å². The average molecular weight is 303 g/mol. The van der Waals surface area contributed by atoms with Gasteiger partial charge in [0.2, 0.25) is 0 Å². The van der Waals surface area contributed by atoms with E-state index in [4.69, 9.17) is 16.3 Å². The lowest BCUT2D eigenvalue weighted by molar-refractivity contribution is 0.199. The molecule has 3 rings (SSSR count). The summed E-state index contributed by atoms with van der Waals surface area (Å²) in [6, 6.07) is 11.7. The monoisotopic (exact) mass is 302 g/mol. The molecule has 0 heterocycles. The first-order valence-corrected chi connectivity index (χ1v) is 7.78. The van der Waals surface area contributed by atoms with Gasteiger partial charge in [-0.1, -0.05) is 23.7 Å². The van der Waals surface area contributed by atoms with Gasteiger partial charge in [0.25, 0.3) is 0 Å². The molecule has 0 amide bonds. The summed E-state index contributed by atoms with van der Waals surface area (Å²) >= 11 is 6.23. The van der Waals surface area contributed by atoms with Crippen LogP contribution in [0, 0.1) is 0 Å². The molecule has 1 aliphatic carbocycles. The van der Waals surface area contributed by atoms with Crippen molar-refractivity contribution >= 4 is 11.6 Å². The van der Waals surface area contributed by atoms with Gasteiger partial charge in [-0.05, 0) is 73.6 Å². The third kappa shape index (κ3) is 3.22. The zero-order valence-corrected chi connectivity index (χ0v) is 12.9. The fraction of sp³-hybridized carbons (Fsp3) is 0.333. The van der Waals surface area contributed by atoms with Crippen LogP contribution in [0.1, 0.15) is 42.6 Å². The van der Waals surface area contributed by atoms with Gasteiger partial charge in [-0.15, -0.1) is 0 Å². The minimum Gasteiger partial charge on any atom is -0.456 e. The van der Waals surface area contributed by atoms with Gasteiger partial charge in [0.1, 0.15) is 11.5 Å². The molecule has 110 valence electrons. The first kappa shape index (κ1) is 14.4. The molecule has 0 spiro atoms. The van der Waals surface area contributed by atoms with Crippen LogP contribution in [0.5, 0.6) is 11.5 Å². The Morgan fingerprint density at radius 1 is 1.05 bits per heavy atom. The minimum absolute atomic E-state index is 0.520. The molecule has 1 atom stereocenters. The number of aliphatic hydroxyl groups excluding tert-OH is 1. The van der Waals surface area contributed by atoms with Crippen LogP contribution in [-0.4, -0.2) is 5.11 Å². The summed E-state index contributed by atoms with van der Waals surface area (Å²) in [4.78, 5) is 0. The fourth-order valence-electron chi connectivity index (χ4n) is 2.76. The number of rotatable bonds is 3. The zero-order valence-electron chi connectivity index (χ0n) is 12.1. The Labute approximate surface area is 130 Å². The van der Waals surface area contributed by atoms with Gasteiger partial charge in [-0.2, -0.15) is 0 Å². The Kier molecular flexibility index (Phi) is 4.18. The number of aryl methyl sites for hydroxylation is 2. The minimum atomic E-state index is -0.528. The highest BCUT2D eigenvalue weighted by atomic mass is 35.5. The molecule has 1 aliphatic rings. The highest BCUT2D eigenvalue weighted by Gasteiger charge is 2.12. The summed E-state index contributed by atoms with van der Waals surface area (Å²) in [6.45, 7) is 1.72. The highest BCUT2D eigenvalue weighted by Crippen LogP contribution is 2.33. The smallest absolute Gasteiger partial charge is 0.146 e. The second-order valence-corrected chi connectivity index (χ2v) is 6.01. The summed E-state index contributed by atoms with van der Waals surface area (Å²) in [7, 11) is 0. The molecule has 2 aromatic carbocycles. The maximum Gasteiger partial charge on any atom is 0.146 e. The molecule has 0 unspecified atom stereocenters. The van der Waals surface area contributed by atoms with Crippen molar-refractivity contribution in [3.05, 3.63) is 58.1 Å². The van der Waals surface area contributed by atoms with Gasteiger partial charge < -0.3 is 9.84 Å². The summed E-state index contributed by atoms with van der Waals surface area (Å²) < 4.78 is 5.90. The maximum absolute atomic E-state index is 9.56. The van der Waals surface area contributed by atoms with Crippen molar-refractivity contribution in [2.75, 3.05) is 0 Å². The van der Waals surface area contributed by atoms with Crippen LogP contribution in [0.25, 0.3) is 0 Å². The molecule has 0 aliphatic heterocycles. The van der Waals surface area contributed by atoms with Crippen LogP contribution < -0.4 is 4.74 Å². The van der Waals surface area contributed by atoms with Crippen LogP contribution in [0.2, 0.25) is 5.02 Å². The SMILES string of the molecule is C[C@@H](O)c1ccc(Oc2ccc3c(c2)CCCC3)c(Cl)c1. The lowest BCUT2D eigenvalue weighted by Gasteiger charge is -2.17. The number of benzene rings is 2. The topological polar surface area (TPSA) is 29.5 Å².